The molecule has 2 heterocycles. The smallest absolute Gasteiger partial charge is 0.410 e. The molecular weight excluding hydrogens is 382 g/mol. The molecule has 2 fully saturated rings. The number of nitrogens with one attached hydrogen (secondary N) is 1. The normalized spacial score (nSPS) is 20.2. The third-order valence-corrected chi connectivity index (χ3v) is 5.50. The fourth-order valence-electron chi connectivity index (χ4n) is 3.90. The summed E-state index contributed by atoms with van der Waals surface area (Å²) in [6.07, 6.45) is 0.980. The predicted molar refractivity (Wildman–Crippen MR) is 115 cm³/mol. The Morgan fingerprint density at radius 1 is 1.13 bits per heavy atom. The van der Waals surface area contributed by atoms with E-state index >= 15 is 0 Å². The minimum Gasteiger partial charge on any atom is -0.444 e. The summed E-state index contributed by atoms with van der Waals surface area (Å²) in [4.78, 5) is 28.8. The first-order valence-corrected chi connectivity index (χ1v) is 10.9. The Balaban J connectivity index is 1.44. The number of benzene rings is 1. The van der Waals surface area contributed by atoms with Crippen LogP contribution in [0.1, 0.15) is 44.7 Å². The lowest BCUT2D eigenvalue weighted by molar-refractivity contribution is -0.122. The number of carbonyl (C=O) groups excluding carboxylic acids is 2. The molecule has 1 N–H and O–H groups in total. The number of likely N-dealkylation sites (tertiary alicyclic amines) is 1. The summed E-state index contributed by atoms with van der Waals surface area (Å²) in [5, 5.41) is 3.07. The van der Waals surface area contributed by atoms with Crippen molar-refractivity contribution in [3.8, 4) is 0 Å². The van der Waals surface area contributed by atoms with Gasteiger partial charge in [0.25, 0.3) is 0 Å². The van der Waals surface area contributed by atoms with Gasteiger partial charge in [0.2, 0.25) is 5.91 Å². The molecule has 1 aromatic rings. The van der Waals surface area contributed by atoms with Gasteiger partial charge in [-0.05, 0) is 44.2 Å². The molecule has 0 aliphatic carbocycles. The molecule has 2 aliphatic heterocycles. The van der Waals surface area contributed by atoms with Gasteiger partial charge in [0.1, 0.15) is 5.60 Å². The average Bonchev–Trinajstić information content (AvgIpc) is 3.15. The maximum Gasteiger partial charge on any atom is 0.410 e. The topological polar surface area (TPSA) is 71.1 Å². The van der Waals surface area contributed by atoms with E-state index in [1.165, 1.54) is 5.56 Å². The number of hydrogen-bond donors (Lipinski definition) is 1. The molecule has 2 aliphatic rings. The van der Waals surface area contributed by atoms with Gasteiger partial charge in [-0.25, -0.2) is 4.79 Å². The van der Waals surface area contributed by atoms with Gasteiger partial charge in [-0.15, -0.1) is 0 Å². The summed E-state index contributed by atoms with van der Waals surface area (Å²) in [5.41, 5.74) is 1.90. The number of amides is 2. The lowest BCUT2D eigenvalue weighted by Gasteiger charge is -2.27. The fraction of sp³-hybridized carbons (Fsp3) is 0.652. The van der Waals surface area contributed by atoms with Crippen molar-refractivity contribution < 1.29 is 19.1 Å². The molecule has 0 aromatic heterocycles. The molecule has 3 rings (SSSR count). The number of carbonyl (C=O) groups is 2. The van der Waals surface area contributed by atoms with Crippen LogP contribution in [-0.4, -0.2) is 66.8 Å². The van der Waals surface area contributed by atoms with E-state index in [4.69, 9.17) is 9.47 Å². The number of ether oxygens (including phenoxy) is 2. The Hall–Kier alpha value is -2.12. The van der Waals surface area contributed by atoms with Crippen LogP contribution in [-0.2, 0) is 27.4 Å². The maximum atomic E-state index is 12.5. The molecule has 0 bridgehead atoms. The van der Waals surface area contributed by atoms with Crippen molar-refractivity contribution in [2.75, 3.05) is 39.4 Å². The van der Waals surface area contributed by atoms with Crippen LogP contribution in [0.25, 0.3) is 0 Å². The van der Waals surface area contributed by atoms with Gasteiger partial charge < -0.3 is 19.7 Å². The summed E-state index contributed by atoms with van der Waals surface area (Å²) in [6.45, 7) is 11.7. The number of hydrogen-bond acceptors (Lipinski definition) is 5. The van der Waals surface area contributed by atoms with Crippen molar-refractivity contribution in [2.45, 2.75) is 52.3 Å². The van der Waals surface area contributed by atoms with E-state index in [-0.39, 0.29) is 17.9 Å². The third-order valence-electron chi connectivity index (χ3n) is 5.50. The van der Waals surface area contributed by atoms with E-state index in [2.05, 4.69) is 22.3 Å². The highest BCUT2D eigenvalue weighted by molar-refractivity contribution is 5.76. The average molecular weight is 418 g/mol. The summed E-state index contributed by atoms with van der Waals surface area (Å²) in [5.74, 6) is 0.216. The van der Waals surface area contributed by atoms with Crippen LogP contribution in [0, 0.1) is 5.92 Å². The Labute approximate surface area is 179 Å². The van der Waals surface area contributed by atoms with E-state index in [1.54, 1.807) is 4.90 Å². The zero-order chi connectivity index (χ0) is 21.6. The largest absolute Gasteiger partial charge is 0.444 e. The Bertz CT molecular complexity index is 725. The zero-order valence-electron chi connectivity index (χ0n) is 18.5. The first-order chi connectivity index (χ1) is 14.3. The van der Waals surface area contributed by atoms with Crippen molar-refractivity contribution in [2.24, 2.45) is 5.92 Å². The molecule has 0 radical (unpaired) electrons. The minimum absolute atomic E-state index is 0.0345. The van der Waals surface area contributed by atoms with Crippen molar-refractivity contribution in [3.05, 3.63) is 35.4 Å². The quantitative estimate of drug-likeness (QED) is 0.771. The molecule has 7 nitrogen and oxygen atoms in total. The van der Waals surface area contributed by atoms with Gasteiger partial charge in [0, 0.05) is 45.7 Å². The molecule has 1 aromatic carbocycles. The van der Waals surface area contributed by atoms with Crippen molar-refractivity contribution in [1.29, 1.82) is 0 Å². The molecule has 7 heteroatoms. The van der Waals surface area contributed by atoms with Crippen LogP contribution in [0.3, 0.4) is 0 Å². The highest BCUT2D eigenvalue weighted by Crippen LogP contribution is 2.22. The Morgan fingerprint density at radius 3 is 2.53 bits per heavy atom. The van der Waals surface area contributed by atoms with Crippen molar-refractivity contribution in [1.82, 2.24) is 15.1 Å². The predicted octanol–water partition coefficient (Wildman–Crippen LogP) is 2.78. The number of nitrogens with zero attached hydrogens (tertiary/aromatic N) is 2. The van der Waals surface area contributed by atoms with Gasteiger partial charge in [-0.3, -0.25) is 9.69 Å². The molecule has 2 amide bonds. The molecule has 0 saturated carbocycles. The van der Waals surface area contributed by atoms with E-state index in [9.17, 15) is 9.59 Å². The lowest BCUT2D eigenvalue weighted by atomic mass is 10.0. The zero-order valence-corrected chi connectivity index (χ0v) is 18.5. The lowest BCUT2D eigenvalue weighted by Crippen LogP contribution is -2.36. The van der Waals surface area contributed by atoms with Crippen LogP contribution in [0.5, 0.6) is 0 Å². The van der Waals surface area contributed by atoms with E-state index in [0.29, 0.717) is 26.1 Å². The van der Waals surface area contributed by atoms with Crippen molar-refractivity contribution >= 4 is 12.0 Å². The SMILES string of the molecule is CC(C)(C)OC(=O)N1CC[C@H](CC(=O)NCc2ccccc2CN2CCOCC2)C1. The molecular formula is C23H35N3O4. The molecule has 2 saturated heterocycles. The number of rotatable bonds is 6. The van der Waals surface area contributed by atoms with E-state index in [0.717, 1.165) is 44.8 Å². The van der Waals surface area contributed by atoms with Crippen LogP contribution in [0.2, 0.25) is 0 Å². The van der Waals surface area contributed by atoms with Gasteiger partial charge in [-0.2, -0.15) is 0 Å². The van der Waals surface area contributed by atoms with Gasteiger partial charge in [0.15, 0.2) is 0 Å². The summed E-state index contributed by atoms with van der Waals surface area (Å²) in [7, 11) is 0. The highest BCUT2D eigenvalue weighted by atomic mass is 16.6. The molecule has 0 unspecified atom stereocenters. The second kappa shape index (κ2) is 10.3. The monoisotopic (exact) mass is 417 g/mol. The summed E-state index contributed by atoms with van der Waals surface area (Å²) >= 11 is 0. The second-order valence-corrected chi connectivity index (χ2v) is 9.22. The molecule has 30 heavy (non-hydrogen) atoms. The Morgan fingerprint density at radius 2 is 1.83 bits per heavy atom. The maximum absolute atomic E-state index is 12.5. The van der Waals surface area contributed by atoms with E-state index < -0.39 is 5.60 Å². The highest BCUT2D eigenvalue weighted by Gasteiger charge is 2.30. The summed E-state index contributed by atoms with van der Waals surface area (Å²) in [6, 6.07) is 8.27. The first kappa shape index (κ1) is 22.6. The van der Waals surface area contributed by atoms with Crippen LogP contribution >= 0.6 is 0 Å². The van der Waals surface area contributed by atoms with Gasteiger partial charge >= 0.3 is 6.09 Å². The third kappa shape index (κ3) is 6.99. The van der Waals surface area contributed by atoms with Gasteiger partial charge in [0.05, 0.1) is 13.2 Å². The van der Waals surface area contributed by atoms with Crippen LogP contribution in [0.4, 0.5) is 4.79 Å². The van der Waals surface area contributed by atoms with Crippen molar-refractivity contribution in [3.63, 3.8) is 0 Å². The van der Waals surface area contributed by atoms with E-state index in [1.807, 2.05) is 32.9 Å². The Kier molecular flexibility index (Phi) is 7.72. The second-order valence-electron chi connectivity index (χ2n) is 9.22. The van der Waals surface area contributed by atoms with Crippen LogP contribution < -0.4 is 5.32 Å². The molecule has 166 valence electrons. The summed E-state index contributed by atoms with van der Waals surface area (Å²) < 4.78 is 10.9. The fourth-order valence-corrected chi connectivity index (χ4v) is 3.90. The molecule has 0 spiro atoms. The minimum atomic E-state index is -0.499. The standard InChI is InChI=1S/C23H35N3O4/c1-23(2,3)30-22(28)26-9-8-18(16-26)14-21(27)24-15-19-6-4-5-7-20(19)17-25-10-12-29-13-11-25/h4-7,18H,8-17H2,1-3H3,(H,24,27)/t18-/m1/s1. The first-order valence-electron chi connectivity index (χ1n) is 10.9. The van der Waals surface area contributed by atoms with Gasteiger partial charge in [-0.1, -0.05) is 24.3 Å². The number of morpholine rings is 1. The molecule has 1 atom stereocenters. The van der Waals surface area contributed by atoms with Crippen LogP contribution in [0.15, 0.2) is 24.3 Å².